The molecule has 2 heteroatoms. The van der Waals surface area contributed by atoms with Crippen molar-refractivity contribution in [3.8, 4) is 0 Å². The lowest BCUT2D eigenvalue weighted by atomic mass is 9.45. The Hall–Kier alpha value is 0.400. The summed E-state index contributed by atoms with van der Waals surface area (Å²) in [5.41, 5.74) is 0.922. The van der Waals surface area contributed by atoms with Crippen molar-refractivity contribution in [3.05, 3.63) is 0 Å². The van der Waals surface area contributed by atoms with E-state index in [1.165, 1.54) is 51.4 Å². The predicted molar refractivity (Wildman–Crippen MR) is 94.5 cm³/mol. The van der Waals surface area contributed by atoms with Gasteiger partial charge in [-0.25, -0.2) is 0 Å². The third kappa shape index (κ3) is 1.96. The molecule has 1 nitrogen and oxygen atoms in total. The molecule has 0 aliphatic heterocycles. The van der Waals surface area contributed by atoms with E-state index in [-0.39, 0.29) is 3.92 Å². The van der Waals surface area contributed by atoms with Crippen LogP contribution in [0.4, 0.5) is 0 Å². The zero-order valence-corrected chi connectivity index (χ0v) is 15.7. The minimum Gasteiger partial charge on any atom is -0.298 e. The quantitative estimate of drug-likeness (QED) is 0.393. The van der Waals surface area contributed by atoms with Crippen molar-refractivity contribution in [2.45, 2.75) is 75.6 Å². The number of hydrogen-bond acceptors (Lipinski definition) is 1. The average molecular weight is 400 g/mol. The fraction of sp³-hybridized carbons (Fsp3) is 0.947. The highest BCUT2D eigenvalue weighted by molar-refractivity contribution is 14.1. The van der Waals surface area contributed by atoms with Gasteiger partial charge < -0.3 is 0 Å². The summed E-state index contributed by atoms with van der Waals surface area (Å²) < 4.78 is 0.290. The van der Waals surface area contributed by atoms with E-state index in [4.69, 9.17) is 0 Å². The van der Waals surface area contributed by atoms with E-state index in [0.717, 1.165) is 24.2 Å². The fourth-order valence-corrected chi connectivity index (χ4v) is 8.06. The van der Waals surface area contributed by atoms with E-state index in [2.05, 4.69) is 36.4 Å². The van der Waals surface area contributed by atoms with Gasteiger partial charge in [-0.05, 0) is 73.0 Å². The van der Waals surface area contributed by atoms with Gasteiger partial charge in [-0.2, -0.15) is 0 Å². The molecule has 0 heterocycles. The first kappa shape index (κ1) is 15.0. The number of Topliss-reactive ketones (excluding diaryl/α,β-unsaturated/α-hetero) is 1. The SMILES string of the molecule is CC12CCCCC1CCC1C2CCC2(C)C(I)C(=O)CC12. The second-order valence-corrected chi connectivity index (χ2v) is 10.2. The van der Waals surface area contributed by atoms with Crippen molar-refractivity contribution in [2.75, 3.05) is 0 Å². The normalized spacial score (nSPS) is 56.5. The summed E-state index contributed by atoms with van der Waals surface area (Å²) in [5.74, 6) is 4.02. The summed E-state index contributed by atoms with van der Waals surface area (Å²) in [6, 6.07) is 0. The summed E-state index contributed by atoms with van der Waals surface area (Å²) in [6.07, 6.45) is 12.3. The van der Waals surface area contributed by atoms with Crippen LogP contribution in [0.25, 0.3) is 0 Å². The van der Waals surface area contributed by atoms with Crippen molar-refractivity contribution in [1.82, 2.24) is 0 Å². The van der Waals surface area contributed by atoms with Gasteiger partial charge in [0, 0.05) is 6.42 Å². The molecule has 0 spiro atoms. The fourth-order valence-electron chi connectivity index (χ4n) is 7.03. The van der Waals surface area contributed by atoms with Gasteiger partial charge in [0.25, 0.3) is 0 Å². The molecule has 4 fully saturated rings. The van der Waals surface area contributed by atoms with Gasteiger partial charge in [-0.15, -0.1) is 0 Å². The van der Waals surface area contributed by atoms with Crippen molar-refractivity contribution in [3.63, 3.8) is 0 Å². The summed E-state index contributed by atoms with van der Waals surface area (Å²) in [6.45, 7) is 5.06. The van der Waals surface area contributed by atoms with Crippen LogP contribution < -0.4 is 0 Å². The Labute approximate surface area is 143 Å². The number of carbonyl (C=O) groups excluding carboxylic acids is 1. The van der Waals surface area contributed by atoms with Crippen LogP contribution in [-0.4, -0.2) is 9.71 Å². The van der Waals surface area contributed by atoms with Crippen LogP contribution in [-0.2, 0) is 4.79 Å². The van der Waals surface area contributed by atoms with Crippen LogP contribution in [0.5, 0.6) is 0 Å². The van der Waals surface area contributed by atoms with Crippen molar-refractivity contribution < 1.29 is 4.79 Å². The van der Waals surface area contributed by atoms with Gasteiger partial charge in [0.2, 0.25) is 0 Å². The third-order valence-corrected chi connectivity index (χ3v) is 10.4. The Kier molecular flexibility index (Phi) is 3.52. The standard InChI is InChI=1S/C19H29IO/c1-18-9-4-3-5-12(18)6-7-13-14(18)8-10-19(2)15(13)11-16(21)17(19)20/h12-15,17H,3-11H2,1-2H3. The van der Waals surface area contributed by atoms with Crippen LogP contribution >= 0.6 is 22.6 Å². The van der Waals surface area contributed by atoms with Gasteiger partial charge in [0.05, 0.1) is 3.92 Å². The van der Waals surface area contributed by atoms with Gasteiger partial charge in [0.1, 0.15) is 5.78 Å². The Bertz CT molecular complexity index is 460. The van der Waals surface area contributed by atoms with Crippen molar-refractivity contribution >= 4 is 28.4 Å². The largest absolute Gasteiger partial charge is 0.298 e. The first-order valence-corrected chi connectivity index (χ1v) is 10.4. The lowest BCUT2D eigenvalue weighted by Crippen LogP contribution is -2.52. The topological polar surface area (TPSA) is 17.1 Å². The molecule has 0 aromatic heterocycles. The van der Waals surface area contributed by atoms with Gasteiger partial charge >= 0.3 is 0 Å². The zero-order valence-electron chi connectivity index (χ0n) is 13.5. The summed E-state index contributed by atoms with van der Waals surface area (Å²) >= 11 is 2.46. The maximum absolute atomic E-state index is 12.4. The predicted octanol–water partition coefficient (Wildman–Crippen LogP) is 5.40. The minimum atomic E-state index is 0.290. The Morgan fingerprint density at radius 3 is 2.57 bits per heavy atom. The lowest BCUT2D eigenvalue weighted by Gasteiger charge is -2.60. The molecule has 0 saturated heterocycles. The number of fused-ring (bicyclic) bond motifs is 5. The van der Waals surface area contributed by atoms with Crippen LogP contribution in [0.3, 0.4) is 0 Å². The van der Waals surface area contributed by atoms with Crippen LogP contribution in [0.2, 0.25) is 0 Å². The number of hydrogen-bond donors (Lipinski definition) is 0. The highest BCUT2D eigenvalue weighted by atomic mass is 127. The minimum absolute atomic E-state index is 0.290. The Morgan fingerprint density at radius 2 is 1.76 bits per heavy atom. The maximum atomic E-state index is 12.4. The smallest absolute Gasteiger partial charge is 0.146 e. The van der Waals surface area contributed by atoms with Crippen LogP contribution in [0, 0.1) is 34.5 Å². The van der Waals surface area contributed by atoms with Crippen molar-refractivity contribution in [2.24, 2.45) is 34.5 Å². The van der Waals surface area contributed by atoms with Crippen LogP contribution in [0.1, 0.15) is 71.6 Å². The first-order chi connectivity index (χ1) is 9.97. The van der Waals surface area contributed by atoms with Gasteiger partial charge in [-0.1, -0.05) is 49.3 Å². The molecule has 7 atom stereocenters. The molecule has 118 valence electrons. The average Bonchev–Trinajstić information content (AvgIpc) is 2.70. The second kappa shape index (κ2) is 4.95. The first-order valence-electron chi connectivity index (χ1n) is 9.13. The molecule has 0 aromatic rings. The van der Waals surface area contributed by atoms with E-state index < -0.39 is 0 Å². The number of carbonyl (C=O) groups is 1. The van der Waals surface area contributed by atoms with Crippen molar-refractivity contribution in [1.29, 1.82) is 0 Å². The van der Waals surface area contributed by atoms with E-state index in [9.17, 15) is 4.79 Å². The maximum Gasteiger partial charge on any atom is 0.146 e. The number of alkyl halides is 1. The molecule has 0 bridgehead atoms. The van der Waals surface area contributed by atoms with Gasteiger partial charge in [0.15, 0.2) is 0 Å². The molecule has 0 aromatic carbocycles. The second-order valence-electron chi connectivity index (χ2n) is 8.98. The van der Waals surface area contributed by atoms with E-state index in [1.807, 2.05) is 0 Å². The van der Waals surface area contributed by atoms with E-state index in [0.29, 0.717) is 22.5 Å². The van der Waals surface area contributed by atoms with E-state index >= 15 is 0 Å². The molecule has 4 rings (SSSR count). The Morgan fingerprint density at radius 1 is 0.952 bits per heavy atom. The molecule has 21 heavy (non-hydrogen) atoms. The molecule has 4 aliphatic carbocycles. The summed E-state index contributed by atoms with van der Waals surface area (Å²) in [5, 5.41) is 0. The monoisotopic (exact) mass is 400 g/mol. The zero-order chi connectivity index (χ0) is 14.8. The molecule has 7 unspecified atom stereocenters. The van der Waals surface area contributed by atoms with E-state index in [1.54, 1.807) is 0 Å². The summed E-state index contributed by atoms with van der Waals surface area (Å²) in [7, 11) is 0. The molecular formula is C19H29IO. The number of ketones is 1. The lowest BCUT2D eigenvalue weighted by molar-refractivity contribution is -0.117. The highest BCUT2D eigenvalue weighted by Crippen LogP contribution is 2.66. The molecule has 0 N–H and O–H groups in total. The molecular weight excluding hydrogens is 371 g/mol. The number of halogens is 1. The third-order valence-electron chi connectivity index (χ3n) is 8.30. The highest BCUT2D eigenvalue weighted by Gasteiger charge is 2.61. The number of rotatable bonds is 0. The molecule has 4 aliphatic rings. The molecule has 4 saturated carbocycles. The van der Waals surface area contributed by atoms with Crippen LogP contribution in [0.15, 0.2) is 0 Å². The molecule has 0 radical (unpaired) electrons. The van der Waals surface area contributed by atoms with Gasteiger partial charge in [-0.3, -0.25) is 4.79 Å². The molecule has 0 amide bonds. The Balaban J connectivity index is 1.67. The summed E-state index contributed by atoms with van der Waals surface area (Å²) in [4.78, 5) is 12.4.